The SMILES string of the molecule is C[C@H]1CN(CC(=O)Nc2ccc(F)cc2)C[C@H](C)O1. The average Bonchev–Trinajstić information content (AvgIpc) is 2.30. The van der Waals surface area contributed by atoms with Gasteiger partial charge in [-0.25, -0.2) is 4.39 Å². The van der Waals surface area contributed by atoms with Gasteiger partial charge < -0.3 is 10.1 Å². The third-order valence-corrected chi connectivity index (χ3v) is 2.99. The molecule has 0 radical (unpaired) electrons. The second-order valence-corrected chi connectivity index (χ2v) is 5.01. The summed E-state index contributed by atoms with van der Waals surface area (Å²) in [6.45, 7) is 5.83. The average molecular weight is 266 g/mol. The van der Waals surface area contributed by atoms with Crippen LogP contribution in [0.15, 0.2) is 24.3 Å². The summed E-state index contributed by atoms with van der Waals surface area (Å²) < 4.78 is 18.4. The van der Waals surface area contributed by atoms with E-state index in [-0.39, 0.29) is 23.9 Å². The van der Waals surface area contributed by atoms with Crippen molar-refractivity contribution in [3.05, 3.63) is 30.1 Å². The maximum atomic E-state index is 12.7. The standard InChI is InChI=1S/C14H19FN2O2/c1-10-7-17(8-11(2)19-10)9-14(18)16-13-5-3-12(15)4-6-13/h3-6,10-11H,7-9H2,1-2H3,(H,16,18)/t10-,11-/m0/s1. The minimum atomic E-state index is -0.311. The fraction of sp³-hybridized carbons (Fsp3) is 0.500. The van der Waals surface area contributed by atoms with E-state index in [1.807, 2.05) is 13.8 Å². The highest BCUT2D eigenvalue weighted by atomic mass is 19.1. The molecule has 1 heterocycles. The molecule has 1 saturated heterocycles. The lowest BCUT2D eigenvalue weighted by molar-refractivity contribution is -0.121. The van der Waals surface area contributed by atoms with Crippen LogP contribution in [0.5, 0.6) is 0 Å². The number of carbonyl (C=O) groups excluding carboxylic acids is 1. The molecular formula is C14H19FN2O2. The normalized spacial score (nSPS) is 24.2. The number of halogens is 1. The van der Waals surface area contributed by atoms with Gasteiger partial charge in [-0.15, -0.1) is 0 Å². The number of amides is 1. The van der Waals surface area contributed by atoms with Crippen LogP contribution in [-0.2, 0) is 9.53 Å². The number of benzene rings is 1. The Labute approximate surface area is 112 Å². The Morgan fingerprint density at radius 1 is 1.32 bits per heavy atom. The zero-order chi connectivity index (χ0) is 13.8. The number of nitrogens with one attached hydrogen (secondary N) is 1. The third kappa shape index (κ3) is 4.29. The molecule has 1 aliphatic heterocycles. The first kappa shape index (κ1) is 14.0. The van der Waals surface area contributed by atoms with Crippen LogP contribution < -0.4 is 5.32 Å². The Hall–Kier alpha value is -1.46. The molecule has 1 aromatic carbocycles. The van der Waals surface area contributed by atoms with E-state index in [1.165, 1.54) is 12.1 Å². The Morgan fingerprint density at radius 2 is 1.89 bits per heavy atom. The molecule has 1 N–H and O–H groups in total. The smallest absolute Gasteiger partial charge is 0.238 e. The first-order valence-electron chi connectivity index (χ1n) is 6.46. The molecule has 1 aromatic rings. The molecular weight excluding hydrogens is 247 g/mol. The van der Waals surface area contributed by atoms with Crippen molar-refractivity contribution >= 4 is 11.6 Å². The van der Waals surface area contributed by atoms with Gasteiger partial charge >= 0.3 is 0 Å². The monoisotopic (exact) mass is 266 g/mol. The fourth-order valence-corrected chi connectivity index (χ4v) is 2.35. The summed E-state index contributed by atoms with van der Waals surface area (Å²) in [7, 11) is 0. The van der Waals surface area contributed by atoms with Crippen LogP contribution in [0.25, 0.3) is 0 Å². The van der Waals surface area contributed by atoms with E-state index in [1.54, 1.807) is 12.1 Å². The number of hydrogen-bond donors (Lipinski definition) is 1. The number of anilines is 1. The summed E-state index contributed by atoms with van der Waals surface area (Å²) in [6.07, 6.45) is 0.282. The molecule has 1 fully saturated rings. The zero-order valence-electron chi connectivity index (χ0n) is 11.2. The molecule has 0 saturated carbocycles. The molecule has 1 amide bonds. The fourth-order valence-electron chi connectivity index (χ4n) is 2.35. The van der Waals surface area contributed by atoms with Crippen molar-refractivity contribution in [3.63, 3.8) is 0 Å². The first-order chi connectivity index (χ1) is 9.02. The van der Waals surface area contributed by atoms with Crippen LogP contribution in [0.3, 0.4) is 0 Å². The number of carbonyl (C=O) groups is 1. The molecule has 0 unspecified atom stereocenters. The topological polar surface area (TPSA) is 41.6 Å². The summed E-state index contributed by atoms with van der Waals surface area (Å²) in [6, 6.07) is 5.76. The second kappa shape index (κ2) is 6.12. The molecule has 2 atom stereocenters. The van der Waals surface area contributed by atoms with Crippen LogP contribution in [0.1, 0.15) is 13.8 Å². The van der Waals surface area contributed by atoms with Gasteiger partial charge in [-0.1, -0.05) is 0 Å². The van der Waals surface area contributed by atoms with E-state index in [0.717, 1.165) is 13.1 Å². The van der Waals surface area contributed by atoms with Crippen LogP contribution in [-0.4, -0.2) is 42.6 Å². The van der Waals surface area contributed by atoms with Gasteiger partial charge in [0.15, 0.2) is 0 Å². The van der Waals surface area contributed by atoms with Crippen molar-refractivity contribution < 1.29 is 13.9 Å². The molecule has 104 valence electrons. The zero-order valence-corrected chi connectivity index (χ0v) is 11.2. The Kier molecular flexibility index (Phi) is 4.50. The number of ether oxygens (including phenoxy) is 1. The van der Waals surface area contributed by atoms with Gasteiger partial charge in [-0.2, -0.15) is 0 Å². The number of nitrogens with zero attached hydrogens (tertiary/aromatic N) is 1. The summed E-state index contributed by atoms with van der Waals surface area (Å²) in [5, 5.41) is 2.76. The summed E-state index contributed by atoms with van der Waals surface area (Å²) in [5.41, 5.74) is 0.612. The van der Waals surface area contributed by atoms with Crippen molar-refractivity contribution in [2.75, 3.05) is 25.0 Å². The van der Waals surface area contributed by atoms with Gasteiger partial charge in [-0.3, -0.25) is 9.69 Å². The van der Waals surface area contributed by atoms with Gasteiger partial charge in [-0.05, 0) is 38.1 Å². The Morgan fingerprint density at radius 3 is 2.47 bits per heavy atom. The van der Waals surface area contributed by atoms with E-state index in [0.29, 0.717) is 12.2 Å². The number of rotatable bonds is 3. The van der Waals surface area contributed by atoms with E-state index in [2.05, 4.69) is 10.2 Å². The van der Waals surface area contributed by atoms with Crippen LogP contribution in [0.4, 0.5) is 10.1 Å². The van der Waals surface area contributed by atoms with Crippen molar-refractivity contribution in [1.82, 2.24) is 4.90 Å². The van der Waals surface area contributed by atoms with Gasteiger partial charge in [0.1, 0.15) is 5.82 Å². The van der Waals surface area contributed by atoms with Crippen molar-refractivity contribution in [2.24, 2.45) is 0 Å². The molecule has 0 aliphatic carbocycles. The third-order valence-electron chi connectivity index (χ3n) is 2.99. The lowest BCUT2D eigenvalue weighted by Gasteiger charge is -2.34. The minimum Gasteiger partial charge on any atom is -0.373 e. The van der Waals surface area contributed by atoms with Crippen molar-refractivity contribution in [3.8, 4) is 0 Å². The van der Waals surface area contributed by atoms with E-state index in [4.69, 9.17) is 4.74 Å². The van der Waals surface area contributed by atoms with Crippen LogP contribution in [0.2, 0.25) is 0 Å². The second-order valence-electron chi connectivity index (χ2n) is 5.01. The molecule has 0 aromatic heterocycles. The summed E-state index contributed by atoms with van der Waals surface area (Å²) >= 11 is 0. The van der Waals surface area contributed by atoms with E-state index >= 15 is 0 Å². The lowest BCUT2D eigenvalue weighted by Crippen LogP contribution is -2.48. The first-order valence-corrected chi connectivity index (χ1v) is 6.46. The predicted molar refractivity (Wildman–Crippen MR) is 71.5 cm³/mol. The summed E-state index contributed by atoms with van der Waals surface area (Å²) in [5.74, 6) is -0.401. The molecule has 2 rings (SSSR count). The highest BCUT2D eigenvalue weighted by Gasteiger charge is 2.23. The predicted octanol–water partition coefficient (Wildman–Crippen LogP) is 1.87. The summed E-state index contributed by atoms with van der Waals surface area (Å²) in [4.78, 5) is 14.0. The molecule has 4 nitrogen and oxygen atoms in total. The van der Waals surface area contributed by atoms with Crippen LogP contribution in [0, 0.1) is 5.82 Å². The minimum absolute atomic E-state index is 0.0899. The van der Waals surface area contributed by atoms with Gasteiger partial charge in [0.25, 0.3) is 0 Å². The lowest BCUT2D eigenvalue weighted by atomic mass is 10.2. The van der Waals surface area contributed by atoms with E-state index < -0.39 is 0 Å². The number of hydrogen-bond acceptors (Lipinski definition) is 3. The van der Waals surface area contributed by atoms with E-state index in [9.17, 15) is 9.18 Å². The molecule has 0 bridgehead atoms. The highest BCUT2D eigenvalue weighted by molar-refractivity contribution is 5.92. The van der Waals surface area contributed by atoms with Crippen LogP contribution >= 0.6 is 0 Å². The Bertz CT molecular complexity index is 426. The van der Waals surface area contributed by atoms with Gasteiger partial charge in [0, 0.05) is 18.8 Å². The Balaban J connectivity index is 1.85. The number of morpholine rings is 1. The maximum absolute atomic E-state index is 12.7. The highest BCUT2D eigenvalue weighted by Crippen LogP contribution is 2.11. The van der Waals surface area contributed by atoms with Gasteiger partial charge in [0.2, 0.25) is 5.91 Å². The molecule has 5 heteroatoms. The van der Waals surface area contributed by atoms with Gasteiger partial charge in [0.05, 0.1) is 18.8 Å². The quantitative estimate of drug-likeness (QED) is 0.908. The molecule has 1 aliphatic rings. The van der Waals surface area contributed by atoms with Crippen molar-refractivity contribution in [1.29, 1.82) is 0 Å². The van der Waals surface area contributed by atoms with Crippen molar-refractivity contribution in [2.45, 2.75) is 26.1 Å². The molecule has 19 heavy (non-hydrogen) atoms. The molecule has 0 spiro atoms. The maximum Gasteiger partial charge on any atom is 0.238 e. The largest absolute Gasteiger partial charge is 0.373 e.